The molecule has 20 heavy (non-hydrogen) atoms. The zero-order valence-corrected chi connectivity index (χ0v) is 13.9. The SMILES string of the molecule is CCCN(C(C)C)C1CCC(NCC)(C(=O)OCC)C1. The van der Waals surface area contributed by atoms with E-state index in [9.17, 15) is 4.79 Å². The number of carbonyl (C=O) groups is 1. The molecular weight excluding hydrogens is 252 g/mol. The van der Waals surface area contributed by atoms with Crippen molar-refractivity contribution in [3.63, 3.8) is 0 Å². The maximum absolute atomic E-state index is 12.3. The molecule has 0 aliphatic heterocycles. The van der Waals surface area contributed by atoms with Crippen LogP contribution in [0.15, 0.2) is 0 Å². The number of ether oxygens (including phenoxy) is 1. The zero-order valence-electron chi connectivity index (χ0n) is 13.9. The molecule has 0 spiro atoms. The van der Waals surface area contributed by atoms with E-state index in [-0.39, 0.29) is 5.97 Å². The van der Waals surface area contributed by atoms with Gasteiger partial charge in [0.1, 0.15) is 5.54 Å². The summed E-state index contributed by atoms with van der Waals surface area (Å²) in [4.78, 5) is 14.9. The van der Waals surface area contributed by atoms with Gasteiger partial charge in [0.15, 0.2) is 0 Å². The Hall–Kier alpha value is -0.610. The second kappa shape index (κ2) is 7.99. The smallest absolute Gasteiger partial charge is 0.326 e. The molecule has 2 unspecified atom stereocenters. The predicted molar refractivity (Wildman–Crippen MR) is 82.8 cm³/mol. The Labute approximate surface area is 124 Å². The third-order valence-corrected chi connectivity index (χ3v) is 4.28. The Morgan fingerprint density at radius 3 is 2.60 bits per heavy atom. The maximum Gasteiger partial charge on any atom is 0.326 e. The van der Waals surface area contributed by atoms with Crippen LogP contribution in [0.5, 0.6) is 0 Å². The molecule has 1 fully saturated rings. The van der Waals surface area contributed by atoms with Gasteiger partial charge in [0.25, 0.3) is 0 Å². The first-order valence-electron chi connectivity index (χ1n) is 8.18. The van der Waals surface area contributed by atoms with Crippen LogP contribution in [0.3, 0.4) is 0 Å². The molecule has 4 heteroatoms. The summed E-state index contributed by atoms with van der Waals surface area (Å²) in [5, 5.41) is 3.41. The Morgan fingerprint density at radius 2 is 2.10 bits per heavy atom. The quantitative estimate of drug-likeness (QED) is 0.696. The first kappa shape index (κ1) is 17.4. The van der Waals surface area contributed by atoms with E-state index >= 15 is 0 Å². The number of carbonyl (C=O) groups excluding carboxylic acids is 1. The average molecular weight is 284 g/mol. The fourth-order valence-electron chi connectivity index (χ4n) is 3.45. The summed E-state index contributed by atoms with van der Waals surface area (Å²) in [5.41, 5.74) is -0.462. The van der Waals surface area contributed by atoms with E-state index in [1.165, 1.54) is 0 Å². The maximum atomic E-state index is 12.3. The van der Waals surface area contributed by atoms with Crippen LogP contribution in [-0.2, 0) is 9.53 Å². The van der Waals surface area contributed by atoms with Crippen LogP contribution in [0.4, 0.5) is 0 Å². The van der Waals surface area contributed by atoms with Crippen molar-refractivity contribution in [1.29, 1.82) is 0 Å². The van der Waals surface area contributed by atoms with Gasteiger partial charge in [-0.2, -0.15) is 0 Å². The summed E-state index contributed by atoms with van der Waals surface area (Å²) in [6.07, 6.45) is 3.99. The average Bonchev–Trinajstić information content (AvgIpc) is 2.81. The molecule has 0 aromatic heterocycles. The standard InChI is InChI=1S/C16H32N2O2/c1-6-11-18(13(4)5)14-9-10-16(12-14,17-7-2)15(19)20-8-3/h13-14,17H,6-12H2,1-5H3. The Bertz CT molecular complexity index is 307. The molecule has 0 bridgehead atoms. The number of nitrogens with zero attached hydrogens (tertiary/aromatic N) is 1. The number of nitrogens with one attached hydrogen (secondary N) is 1. The molecule has 0 heterocycles. The minimum atomic E-state index is -0.462. The third kappa shape index (κ3) is 3.95. The Morgan fingerprint density at radius 1 is 1.40 bits per heavy atom. The highest BCUT2D eigenvalue weighted by molar-refractivity contribution is 5.81. The number of rotatable bonds is 8. The minimum absolute atomic E-state index is 0.0652. The van der Waals surface area contributed by atoms with Crippen molar-refractivity contribution in [1.82, 2.24) is 10.2 Å². The van der Waals surface area contributed by atoms with Crippen LogP contribution in [0.25, 0.3) is 0 Å². The molecule has 1 aliphatic carbocycles. The van der Waals surface area contributed by atoms with Crippen LogP contribution >= 0.6 is 0 Å². The van der Waals surface area contributed by atoms with E-state index in [0.717, 1.165) is 38.8 Å². The van der Waals surface area contributed by atoms with Gasteiger partial charge in [-0.15, -0.1) is 0 Å². The lowest BCUT2D eigenvalue weighted by Crippen LogP contribution is -2.52. The van der Waals surface area contributed by atoms with Gasteiger partial charge in [-0.3, -0.25) is 9.69 Å². The molecule has 0 saturated heterocycles. The summed E-state index contributed by atoms with van der Waals surface area (Å²) < 4.78 is 5.31. The molecule has 4 nitrogen and oxygen atoms in total. The molecule has 1 saturated carbocycles. The molecule has 2 atom stereocenters. The molecular formula is C16H32N2O2. The summed E-state index contributed by atoms with van der Waals surface area (Å²) in [6.45, 7) is 13.0. The van der Waals surface area contributed by atoms with E-state index in [1.54, 1.807) is 0 Å². The molecule has 1 N–H and O–H groups in total. The largest absolute Gasteiger partial charge is 0.465 e. The van der Waals surface area contributed by atoms with E-state index in [2.05, 4.69) is 37.9 Å². The molecule has 0 amide bonds. The van der Waals surface area contributed by atoms with Gasteiger partial charge >= 0.3 is 5.97 Å². The van der Waals surface area contributed by atoms with E-state index in [4.69, 9.17) is 4.74 Å². The fourth-order valence-corrected chi connectivity index (χ4v) is 3.45. The number of hydrogen-bond acceptors (Lipinski definition) is 4. The van der Waals surface area contributed by atoms with Gasteiger partial charge < -0.3 is 10.1 Å². The van der Waals surface area contributed by atoms with Gasteiger partial charge in [-0.05, 0) is 59.5 Å². The Balaban J connectivity index is 2.80. The van der Waals surface area contributed by atoms with Crippen LogP contribution in [0.2, 0.25) is 0 Å². The van der Waals surface area contributed by atoms with Gasteiger partial charge in [0.2, 0.25) is 0 Å². The summed E-state index contributed by atoms with van der Waals surface area (Å²) in [7, 11) is 0. The number of likely N-dealkylation sites (N-methyl/N-ethyl adjacent to an activating group) is 1. The molecule has 0 aromatic carbocycles. The predicted octanol–water partition coefficient (Wildman–Crippen LogP) is 2.57. The zero-order chi connectivity index (χ0) is 15.2. The van der Waals surface area contributed by atoms with Crippen molar-refractivity contribution < 1.29 is 9.53 Å². The second-order valence-corrected chi connectivity index (χ2v) is 6.06. The summed E-state index contributed by atoms with van der Waals surface area (Å²) in [6, 6.07) is 1.01. The monoisotopic (exact) mass is 284 g/mol. The van der Waals surface area contributed by atoms with Gasteiger partial charge in [0.05, 0.1) is 6.61 Å². The van der Waals surface area contributed by atoms with Crippen molar-refractivity contribution >= 4 is 5.97 Å². The number of hydrogen-bond donors (Lipinski definition) is 1. The van der Waals surface area contributed by atoms with Crippen molar-refractivity contribution in [2.24, 2.45) is 0 Å². The highest BCUT2D eigenvalue weighted by atomic mass is 16.5. The summed E-state index contributed by atoms with van der Waals surface area (Å²) in [5.74, 6) is -0.0652. The van der Waals surface area contributed by atoms with Crippen LogP contribution in [-0.4, -0.2) is 48.2 Å². The number of esters is 1. The van der Waals surface area contributed by atoms with Gasteiger partial charge in [-0.1, -0.05) is 13.8 Å². The lowest BCUT2D eigenvalue weighted by Gasteiger charge is -2.34. The van der Waals surface area contributed by atoms with E-state index < -0.39 is 5.54 Å². The van der Waals surface area contributed by atoms with Crippen LogP contribution < -0.4 is 5.32 Å². The van der Waals surface area contributed by atoms with Crippen LogP contribution in [0.1, 0.15) is 60.3 Å². The highest BCUT2D eigenvalue weighted by Gasteiger charge is 2.47. The third-order valence-electron chi connectivity index (χ3n) is 4.28. The van der Waals surface area contributed by atoms with Crippen molar-refractivity contribution in [2.45, 2.75) is 77.9 Å². The van der Waals surface area contributed by atoms with Crippen LogP contribution in [0, 0.1) is 0 Å². The highest BCUT2D eigenvalue weighted by Crippen LogP contribution is 2.35. The summed E-state index contributed by atoms with van der Waals surface area (Å²) >= 11 is 0. The van der Waals surface area contributed by atoms with Crippen molar-refractivity contribution in [3.8, 4) is 0 Å². The lowest BCUT2D eigenvalue weighted by atomic mass is 9.96. The topological polar surface area (TPSA) is 41.6 Å². The van der Waals surface area contributed by atoms with E-state index in [1.807, 2.05) is 6.92 Å². The van der Waals surface area contributed by atoms with Gasteiger partial charge in [-0.25, -0.2) is 0 Å². The molecule has 118 valence electrons. The Kier molecular flexibility index (Phi) is 6.96. The normalized spacial score (nSPS) is 26.4. The van der Waals surface area contributed by atoms with Crippen molar-refractivity contribution in [3.05, 3.63) is 0 Å². The lowest BCUT2D eigenvalue weighted by molar-refractivity contribution is -0.151. The minimum Gasteiger partial charge on any atom is -0.465 e. The van der Waals surface area contributed by atoms with Crippen molar-refractivity contribution in [2.75, 3.05) is 19.7 Å². The molecule has 1 aliphatic rings. The first-order valence-corrected chi connectivity index (χ1v) is 8.18. The molecule has 0 radical (unpaired) electrons. The van der Waals surface area contributed by atoms with E-state index in [0.29, 0.717) is 18.7 Å². The molecule has 1 rings (SSSR count). The fraction of sp³-hybridized carbons (Fsp3) is 0.938. The van der Waals surface area contributed by atoms with Gasteiger partial charge in [0, 0.05) is 12.1 Å². The first-order chi connectivity index (χ1) is 9.50. The molecule has 0 aromatic rings. The second-order valence-electron chi connectivity index (χ2n) is 6.06.